The third-order valence-electron chi connectivity index (χ3n) is 1.61. The largest absolute Gasteiger partial charge is 0.356 e. The summed E-state index contributed by atoms with van der Waals surface area (Å²) in [6.07, 6.45) is 3.60. The first kappa shape index (κ1) is 8.25. The van der Waals surface area contributed by atoms with Crippen molar-refractivity contribution in [1.29, 1.82) is 0 Å². The van der Waals surface area contributed by atoms with Crippen molar-refractivity contribution >= 4 is 16.5 Å². The summed E-state index contributed by atoms with van der Waals surface area (Å²) >= 11 is 1.65. The Morgan fingerprint density at radius 1 is 1.62 bits per heavy atom. The molecule has 0 aromatic carbocycles. The number of nitrogens with one attached hydrogen (secondary N) is 2. The first-order valence-electron chi connectivity index (χ1n) is 3.99. The Morgan fingerprint density at radius 2 is 2.54 bits per heavy atom. The monoisotopic (exact) mass is 194 g/mol. The highest BCUT2D eigenvalue weighted by Crippen LogP contribution is 2.16. The third-order valence-corrected chi connectivity index (χ3v) is 2.48. The molecular formula is C8H10N4S. The van der Waals surface area contributed by atoms with Gasteiger partial charge in [0.05, 0.1) is 12.2 Å². The molecule has 0 aliphatic carbocycles. The molecule has 13 heavy (non-hydrogen) atoms. The number of aryl methyl sites for hydroxylation is 1. The van der Waals surface area contributed by atoms with E-state index in [2.05, 4.69) is 20.5 Å². The van der Waals surface area contributed by atoms with Crippen molar-refractivity contribution in [3.63, 3.8) is 0 Å². The first-order valence-corrected chi connectivity index (χ1v) is 4.81. The normalized spacial score (nSPS) is 10.2. The molecule has 0 amide bonds. The van der Waals surface area contributed by atoms with Gasteiger partial charge in [-0.05, 0) is 13.0 Å². The van der Waals surface area contributed by atoms with Crippen LogP contribution in [-0.4, -0.2) is 15.2 Å². The third kappa shape index (κ3) is 2.06. The van der Waals surface area contributed by atoms with E-state index in [0.29, 0.717) is 0 Å². The summed E-state index contributed by atoms with van der Waals surface area (Å²) in [5.41, 5.74) is 1.06. The fraction of sp³-hybridized carbons (Fsp3) is 0.250. The van der Waals surface area contributed by atoms with Crippen molar-refractivity contribution in [2.45, 2.75) is 13.5 Å². The zero-order chi connectivity index (χ0) is 9.10. The zero-order valence-electron chi connectivity index (χ0n) is 7.24. The summed E-state index contributed by atoms with van der Waals surface area (Å²) in [5.74, 6) is 0. The first-order chi connectivity index (χ1) is 6.34. The average molecular weight is 194 g/mol. The van der Waals surface area contributed by atoms with Crippen molar-refractivity contribution in [2.75, 3.05) is 5.32 Å². The number of nitrogens with zero attached hydrogens (tertiary/aromatic N) is 2. The molecule has 68 valence electrons. The summed E-state index contributed by atoms with van der Waals surface area (Å²) in [5, 5.41) is 10.9. The van der Waals surface area contributed by atoms with Crippen molar-refractivity contribution in [3.8, 4) is 0 Å². The molecule has 0 unspecified atom stereocenters. The lowest BCUT2D eigenvalue weighted by atomic mass is 10.4. The average Bonchev–Trinajstić information content (AvgIpc) is 2.71. The molecule has 0 aliphatic heterocycles. The van der Waals surface area contributed by atoms with Gasteiger partial charge >= 0.3 is 0 Å². The van der Waals surface area contributed by atoms with Gasteiger partial charge in [-0.15, -0.1) is 11.3 Å². The second kappa shape index (κ2) is 3.57. The van der Waals surface area contributed by atoms with E-state index in [9.17, 15) is 0 Å². The van der Waals surface area contributed by atoms with E-state index in [0.717, 1.165) is 17.4 Å². The highest BCUT2D eigenvalue weighted by atomic mass is 32.1. The predicted octanol–water partition coefficient (Wildman–Crippen LogP) is 1.79. The molecule has 0 saturated heterocycles. The lowest BCUT2D eigenvalue weighted by Gasteiger charge is -1.97. The molecule has 0 atom stereocenters. The number of thiazole rings is 1. The van der Waals surface area contributed by atoms with Crippen molar-refractivity contribution in [1.82, 2.24) is 15.2 Å². The van der Waals surface area contributed by atoms with Gasteiger partial charge in [0.1, 0.15) is 0 Å². The topological polar surface area (TPSA) is 53.6 Å². The predicted molar refractivity (Wildman–Crippen MR) is 52.8 cm³/mol. The number of rotatable bonds is 3. The summed E-state index contributed by atoms with van der Waals surface area (Å²) < 4.78 is 0. The molecule has 2 aromatic rings. The standard InChI is InChI=1S/C8H10N4S/c1-6-4-9-8(13-6)10-5-7-2-3-11-12-7/h2-4H,5H2,1H3,(H,9,10)(H,11,12). The van der Waals surface area contributed by atoms with Gasteiger partial charge in [-0.1, -0.05) is 0 Å². The van der Waals surface area contributed by atoms with E-state index in [4.69, 9.17) is 0 Å². The smallest absolute Gasteiger partial charge is 0.183 e. The minimum atomic E-state index is 0.743. The quantitative estimate of drug-likeness (QED) is 0.783. The fourth-order valence-electron chi connectivity index (χ4n) is 0.990. The highest BCUT2D eigenvalue weighted by molar-refractivity contribution is 7.15. The molecule has 0 aliphatic rings. The van der Waals surface area contributed by atoms with E-state index in [-0.39, 0.29) is 0 Å². The Balaban J connectivity index is 1.93. The Labute approximate surface area is 80.0 Å². The van der Waals surface area contributed by atoms with Gasteiger partial charge in [0, 0.05) is 17.3 Å². The fourth-order valence-corrected chi connectivity index (χ4v) is 1.65. The van der Waals surface area contributed by atoms with Crippen LogP contribution in [0.4, 0.5) is 5.13 Å². The van der Waals surface area contributed by atoms with Crippen molar-refractivity contribution in [2.24, 2.45) is 0 Å². The van der Waals surface area contributed by atoms with E-state index in [1.807, 2.05) is 19.2 Å². The van der Waals surface area contributed by atoms with Gasteiger partial charge in [-0.25, -0.2) is 4.98 Å². The molecule has 0 radical (unpaired) electrons. The number of anilines is 1. The Kier molecular flexibility index (Phi) is 2.27. The molecule has 2 rings (SSSR count). The van der Waals surface area contributed by atoms with Crippen LogP contribution in [0.2, 0.25) is 0 Å². The van der Waals surface area contributed by atoms with Crippen LogP contribution < -0.4 is 5.32 Å². The van der Waals surface area contributed by atoms with Gasteiger partial charge in [-0.3, -0.25) is 5.10 Å². The Morgan fingerprint density at radius 3 is 3.15 bits per heavy atom. The van der Waals surface area contributed by atoms with Gasteiger partial charge in [0.15, 0.2) is 5.13 Å². The van der Waals surface area contributed by atoms with Gasteiger partial charge in [-0.2, -0.15) is 5.10 Å². The number of aromatic amines is 1. The zero-order valence-corrected chi connectivity index (χ0v) is 8.06. The SMILES string of the molecule is Cc1cnc(NCc2ccn[nH]2)s1. The van der Waals surface area contributed by atoms with Gasteiger partial charge in [0.25, 0.3) is 0 Å². The molecule has 5 heteroatoms. The molecule has 2 heterocycles. The number of hydrogen-bond acceptors (Lipinski definition) is 4. The van der Waals surface area contributed by atoms with Crippen LogP contribution >= 0.6 is 11.3 Å². The molecule has 0 spiro atoms. The minimum absolute atomic E-state index is 0.743. The summed E-state index contributed by atoms with van der Waals surface area (Å²) in [7, 11) is 0. The van der Waals surface area contributed by atoms with E-state index >= 15 is 0 Å². The molecule has 2 aromatic heterocycles. The maximum Gasteiger partial charge on any atom is 0.183 e. The van der Waals surface area contributed by atoms with Crippen molar-refractivity contribution in [3.05, 3.63) is 29.0 Å². The maximum absolute atomic E-state index is 4.19. The number of aromatic nitrogens is 3. The molecule has 2 N–H and O–H groups in total. The van der Waals surface area contributed by atoms with Crippen LogP contribution in [0.25, 0.3) is 0 Å². The Bertz CT molecular complexity index is 365. The Hall–Kier alpha value is -1.36. The van der Waals surface area contributed by atoms with Crippen LogP contribution in [0.1, 0.15) is 10.6 Å². The van der Waals surface area contributed by atoms with E-state index < -0.39 is 0 Å². The maximum atomic E-state index is 4.19. The summed E-state index contributed by atoms with van der Waals surface area (Å²) in [4.78, 5) is 5.40. The van der Waals surface area contributed by atoms with Crippen LogP contribution in [0.5, 0.6) is 0 Å². The summed E-state index contributed by atoms with van der Waals surface area (Å²) in [6, 6.07) is 1.94. The molecule has 0 saturated carbocycles. The van der Waals surface area contributed by atoms with Gasteiger partial charge in [0.2, 0.25) is 0 Å². The number of H-pyrrole nitrogens is 1. The highest BCUT2D eigenvalue weighted by Gasteiger charge is 1.97. The van der Waals surface area contributed by atoms with Gasteiger partial charge < -0.3 is 5.32 Å². The molecule has 0 bridgehead atoms. The van der Waals surface area contributed by atoms with Crippen molar-refractivity contribution < 1.29 is 0 Å². The lowest BCUT2D eigenvalue weighted by molar-refractivity contribution is 0.979. The molecule has 4 nitrogen and oxygen atoms in total. The van der Waals surface area contributed by atoms with Crippen LogP contribution in [-0.2, 0) is 6.54 Å². The lowest BCUT2D eigenvalue weighted by Crippen LogP contribution is -1.98. The van der Waals surface area contributed by atoms with E-state index in [1.54, 1.807) is 17.5 Å². The number of hydrogen-bond donors (Lipinski definition) is 2. The molecular weight excluding hydrogens is 184 g/mol. The second-order valence-corrected chi connectivity index (χ2v) is 3.95. The van der Waals surface area contributed by atoms with Crippen LogP contribution in [0, 0.1) is 6.92 Å². The second-order valence-electron chi connectivity index (χ2n) is 2.71. The minimum Gasteiger partial charge on any atom is -0.356 e. The van der Waals surface area contributed by atoms with Crippen LogP contribution in [0.3, 0.4) is 0 Å². The van der Waals surface area contributed by atoms with E-state index in [1.165, 1.54) is 4.88 Å². The molecule has 0 fully saturated rings. The van der Waals surface area contributed by atoms with Crippen LogP contribution in [0.15, 0.2) is 18.5 Å². The summed E-state index contributed by atoms with van der Waals surface area (Å²) in [6.45, 7) is 2.78.